The molecular weight excluding hydrogens is 378 g/mol. The zero-order valence-corrected chi connectivity index (χ0v) is 14.9. The lowest BCUT2D eigenvalue weighted by Crippen LogP contribution is -2.23. The largest absolute Gasteiger partial charge is 0.450 e. The normalized spacial score (nSPS) is 11.3. The first kappa shape index (κ1) is 20.1. The summed E-state index contributed by atoms with van der Waals surface area (Å²) in [6.07, 6.45) is 4.60. The van der Waals surface area contributed by atoms with Crippen molar-refractivity contribution >= 4 is 23.8 Å². The SMILES string of the molecule is CN/C=C\C(=C/C=O)NC(=O)c1ccc(Cl)cc1Oc1c(F)cccc1F. The molecule has 0 aliphatic carbocycles. The third kappa shape index (κ3) is 5.39. The van der Waals surface area contributed by atoms with E-state index < -0.39 is 23.3 Å². The standard InChI is InChI=1S/C19H15ClF2N2O3/c1-23-9-7-13(8-10-25)24-19(26)14-6-5-12(20)11-17(14)27-18-15(21)3-2-4-16(18)22/h2-11,23H,1H3,(H,24,26)/b9-7-,13-8+. The lowest BCUT2D eigenvalue weighted by atomic mass is 10.1. The molecule has 8 heteroatoms. The van der Waals surface area contributed by atoms with E-state index in [1.165, 1.54) is 36.5 Å². The molecule has 0 atom stereocenters. The molecule has 2 aromatic carbocycles. The summed E-state index contributed by atoms with van der Waals surface area (Å²) < 4.78 is 33.0. The summed E-state index contributed by atoms with van der Waals surface area (Å²) in [6.45, 7) is 0. The van der Waals surface area contributed by atoms with Crippen LogP contribution in [-0.2, 0) is 4.79 Å². The van der Waals surface area contributed by atoms with Gasteiger partial charge in [0.1, 0.15) is 12.0 Å². The number of amides is 1. The van der Waals surface area contributed by atoms with Crippen LogP contribution in [0.2, 0.25) is 5.02 Å². The van der Waals surface area contributed by atoms with Gasteiger partial charge in [0.25, 0.3) is 5.91 Å². The predicted molar refractivity (Wildman–Crippen MR) is 97.7 cm³/mol. The lowest BCUT2D eigenvalue weighted by molar-refractivity contribution is -0.104. The zero-order valence-electron chi connectivity index (χ0n) is 14.1. The first-order valence-electron chi connectivity index (χ1n) is 7.68. The summed E-state index contributed by atoms with van der Waals surface area (Å²) in [5.74, 6) is -3.33. The second kappa shape index (κ2) is 9.49. The van der Waals surface area contributed by atoms with E-state index in [0.29, 0.717) is 6.29 Å². The van der Waals surface area contributed by atoms with Crippen LogP contribution >= 0.6 is 11.6 Å². The summed E-state index contributed by atoms with van der Waals surface area (Å²) in [5, 5.41) is 5.42. The fourth-order valence-corrected chi connectivity index (χ4v) is 2.20. The Morgan fingerprint density at radius 1 is 1.19 bits per heavy atom. The predicted octanol–water partition coefficient (Wildman–Crippen LogP) is 3.96. The third-order valence-electron chi connectivity index (χ3n) is 3.25. The molecule has 0 heterocycles. The van der Waals surface area contributed by atoms with Crippen molar-refractivity contribution in [3.63, 3.8) is 0 Å². The number of benzene rings is 2. The van der Waals surface area contributed by atoms with Crippen molar-refractivity contribution in [1.82, 2.24) is 10.6 Å². The Morgan fingerprint density at radius 2 is 1.89 bits per heavy atom. The van der Waals surface area contributed by atoms with Crippen molar-refractivity contribution in [2.75, 3.05) is 7.05 Å². The van der Waals surface area contributed by atoms with Gasteiger partial charge in [-0.25, -0.2) is 8.78 Å². The van der Waals surface area contributed by atoms with E-state index >= 15 is 0 Å². The molecule has 0 spiro atoms. The van der Waals surface area contributed by atoms with Crippen LogP contribution < -0.4 is 15.4 Å². The average Bonchev–Trinajstić information content (AvgIpc) is 2.63. The summed E-state index contributed by atoms with van der Waals surface area (Å²) >= 11 is 5.91. The molecule has 0 bridgehead atoms. The van der Waals surface area contributed by atoms with Crippen LogP contribution in [0.3, 0.4) is 0 Å². The van der Waals surface area contributed by atoms with E-state index in [4.69, 9.17) is 16.3 Å². The Kier molecular flexibility index (Phi) is 7.08. The first-order valence-corrected chi connectivity index (χ1v) is 8.06. The van der Waals surface area contributed by atoms with Gasteiger partial charge in [-0.15, -0.1) is 0 Å². The fraction of sp³-hybridized carbons (Fsp3) is 0.0526. The van der Waals surface area contributed by atoms with Gasteiger partial charge < -0.3 is 15.4 Å². The minimum absolute atomic E-state index is 0.0308. The van der Waals surface area contributed by atoms with Crippen LogP contribution in [0.5, 0.6) is 11.5 Å². The number of allylic oxidation sites excluding steroid dienone is 2. The molecule has 0 unspecified atom stereocenters. The Hall–Kier alpha value is -3.19. The smallest absolute Gasteiger partial charge is 0.259 e. The number of carbonyl (C=O) groups excluding carboxylic acids is 2. The molecule has 1 amide bonds. The van der Waals surface area contributed by atoms with Gasteiger partial charge in [-0.05, 0) is 36.5 Å². The molecule has 2 N–H and O–H groups in total. The van der Waals surface area contributed by atoms with Gasteiger partial charge in [0.15, 0.2) is 17.4 Å². The quantitative estimate of drug-likeness (QED) is 0.425. The number of carbonyl (C=O) groups is 2. The number of hydrogen-bond acceptors (Lipinski definition) is 4. The van der Waals surface area contributed by atoms with Crippen molar-refractivity contribution in [3.8, 4) is 11.5 Å². The molecular formula is C19H15ClF2N2O3. The van der Waals surface area contributed by atoms with Crippen molar-refractivity contribution < 1.29 is 23.1 Å². The number of rotatable bonds is 7. The Bertz CT molecular complexity index is 894. The summed E-state index contributed by atoms with van der Waals surface area (Å²) in [7, 11) is 1.64. The summed E-state index contributed by atoms with van der Waals surface area (Å²) in [5.41, 5.74) is 0.166. The topological polar surface area (TPSA) is 67.4 Å². The molecule has 0 aliphatic rings. The number of ether oxygens (including phenoxy) is 1. The Balaban J connectivity index is 2.37. The number of halogens is 3. The van der Waals surface area contributed by atoms with Gasteiger partial charge in [-0.3, -0.25) is 9.59 Å². The number of para-hydroxylation sites is 1. The van der Waals surface area contributed by atoms with E-state index in [1.54, 1.807) is 7.05 Å². The third-order valence-corrected chi connectivity index (χ3v) is 3.49. The molecule has 0 aromatic heterocycles. The maximum absolute atomic E-state index is 13.9. The molecule has 2 aromatic rings. The van der Waals surface area contributed by atoms with E-state index in [2.05, 4.69) is 10.6 Å². The van der Waals surface area contributed by atoms with E-state index in [1.807, 2.05) is 0 Å². The molecule has 0 aliphatic heterocycles. The number of hydrogen-bond donors (Lipinski definition) is 2. The van der Waals surface area contributed by atoms with Crippen LogP contribution in [0, 0.1) is 11.6 Å². The van der Waals surface area contributed by atoms with Gasteiger partial charge in [0.05, 0.1) is 5.56 Å². The zero-order chi connectivity index (χ0) is 19.8. The van der Waals surface area contributed by atoms with Crippen LogP contribution in [-0.4, -0.2) is 19.2 Å². The van der Waals surface area contributed by atoms with Gasteiger partial charge in [-0.2, -0.15) is 0 Å². The molecule has 0 saturated carbocycles. The highest BCUT2D eigenvalue weighted by molar-refractivity contribution is 6.30. The van der Waals surface area contributed by atoms with Crippen molar-refractivity contribution in [2.45, 2.75) is 0 Å². The van der Waals surface area contributed by atoms with Gasteiger partial charge in [0.2, 0.25) is 0 Å². The first-order chi connectivity index (χ1) is 13.0. The molecule has 140 valence electrons. The summed E-state index contributed by atoms with van der Waals surface area (Å²) in [6, 6.07) is 7.26. The monoisotopic (exact) mass is 392 g/mol. The Labute approximate surface area is 159 Å². The molecule has 0 fully saturated rings. The molecule has 2 rings (SSSR count). The van der Waals surface area contributed by atoms with Crippen LogP contribution in [0.4, 0.5) is 8.78 Å². The maximum Gasteiger partial charge on any atom is 0.259 e. The van der Waals surface area contributed by atoms with Crippen molar-refractivity contribution in [3.05, 3.63) is 82.7 Å². The molecule has 0 radical (unpaired) electrons. The van der Waals surface area contributed by atoms with Crippen LogP contribution in [0.1, 0.15) is 10.4 Å². The number of aldehydes is 1. The second-order valence-electron chi connectivity index (χ2n) is 5.13. The highest BCUT2D eigenvalue weighted by atomic mass is 35.5. The molecule has 27 heavy (non-hydrogen) atoms. The fourth-order valence-electron chi connectivity index (χ4n) is 2.04. The lowest BCUT2D eigenvalue weighted by Gasteiger charge is -2.13. The van der Waals surface area contributed by atoms with E-state index in [0.717, 1.165) is 18.2 Å². The van der Waals surface area contributed by atoms with Gasteiger partial charge in [-0.1, -0.05) is 17.7 Å². The van der Waals surface area contributed by atoms with E-state index in [-0.39, 0.29) is 22.0 Å². The summed E-state index contributed by atoms with van der Waals surface area (Å²) in [4.78, 5) is 23.3. The van der Waals surface area contributed by atoms with Crippen molar-refractivity contribution in [1.29, 1.82) is 0 Å². The average molecular weight is 393 g/mol. The van der Waals surface area contributed by atoms with Gasteiger partial charge in [0, 0.05) is 29.9 Å². The number of nitrogens with one attached hydrogen (secondary N) is 2. The van der Waals surface area contributed by atoms with Crippen LogP contribution in [0.15, 0.2) is 60.4 Å². The second-order valence-corrected chi connectivity index (χ2v) is 5.56. The highest BCUT2D eigenvalue weighted by Gasteiger charge is 2.18. The van der Waals surface area contributed by atoms with Gasteiger partial charge >= 0.3 is 0 Å². The maximum atomic E-state index is 13.9. The minimum Gasteiger partial charge on any atom is -0.450 e. The molecule has 0 saturated heterocycles. The highest BCUT2D eigenvalue weighted by Crippen LogP contribution is 2.32. The van der Waals surface area contributed by atoms with E-state index in [9.17, 15) is 18.4 Å². The Morgan fingerprint density at radius 3 is 2.52 bits per heavy atom. The minimum atomic E-state index is -0.931. The van der Waals surface area contributed by atoms with Crippen LogP contribution in [0.25, 0.3) is 0 Å². The molecule has 5 nitrogen and oxygen atoms in total. The van der Waals surface area contributed by atoms with Crippen molar-refractivity contribution in [2.24, 2.45) is 0 Å².